The third-order valence-electron chi connectivity index (χ3n) is 5.03. The summed E-state index contributed by atoms with van der Waals surface area (Å²) in [5, 5.41) is 6.58. The summed E-state index contributed by atoms with van der Waals surface area (Å²) >= 11 is 0. The molecule has 1 heterocycles. The Morgan fingerprint density at radius 1 is 1.26 bits per heavy atom. The molecule has 2 rings (SSSR count). The summed E-state index contributed by atoms with van der Waals surface area (Å²) in [4.78, 5) is 21.4. The van der Waals surface area contributed by atoms with Gasteiger partial charge in [0, 0.05) is 39.1 Å². The van der Waals surface area contributed by atoms with E-state index in [0.717, 1.165) is 31.2 Å². The molecule has 2 N–H and O–H groups in total. The highest BCUT2D eigenvalue weighted by atomic mass is 16.2. The summed E-state index contributed by atoms with van der Waals surface area (Å²) in [6.45, 7) is 9.40. The topological polar surface area (TPSA) is 60.0 Å². The first-order valence-electron chi connectivity index (χ1n) is 10.2. The Hall–Kier alpha value is -2.08. The normalized spacial score (nSPS) is 17.7. The molecule has 6 nitrogen and oxygen atoms in total. The van der Waals surface area contributed by atoms with Crippen LogP contribution in [0.4, 0.5) is 0 Å². The summed E-state index contributed by atoms with van der Waals surface area (Å²) in [5.74, 6) is 0.939. The number of likely N-dealkylation sites (N-methyl/N-ethyl adjacent to an activating group) is 1. The van der Waals surface area contributed by atoms with Gasteiger partial charge in [-0.05, 0) is 38.4 Å². The molecule has 150 valence electrons. The minimum atomic E-state index is 0.134. The molecule has 1 aliphatic rings. The van der Waals surface area contributed by atoms with E-state index >= 15 is 0 Å². The van der Waals surface area contributed by atoms with E-state index in [4.69, 9.17) is 4.99 Å². The van der Waals surface area contributed by atoms with E-state index in [1.807, 2.05) is 37.4 Å². The van der Waals surface area contributed by atoms with Crippen molar-refractivity contribution in [3.8, 4) is 0 Å². The van der Waals surface area contributed by atoms with Crippen molar-refractivity contribution in [2.75, 3.05) is 39.8 Å². The van der Waals surface area contributed by atoms with Gasteiger partial charge in [-0.2, -0.15) is 0 Å². The number of guanidine groups is 1. The highest BCUT2D eigenvalue weighted by Crippen LogP contribution is 2.16. The third-order valence-corrected chi connectivity index (χ3v) is 5.03. The molecule has 0 aliphatic carbocycles. The molecule has 1 fully saturated rings. The van der Waals surface area contributed by atoms with Gasteiger partial charge in [0.25, 0.3) is 0 Å². The zero-order chi connectivity index (χ0) is 19.5. The van der Waals surface area contributed by atoms with Crippen molar-refractivity contribution in [1.29, 1.82) is 0 Å². The number of hydrogen-bond donors (Lipinski definition) is 2. The maximum Gasteiger partial charge on any atom is 0.224 e. The van der Waals surface area contributed by atoms with Crippen molar-refractivity contribution in [3.63, 3.8) is 0 Å². The van der Waals surface area contributed by atoms with Crippen LogP contribution in [0.15, 0.2) is 35.3 Å². The second kappa shape index (κ2) is 11.6. The van der Waals surface area contributed by atoms with Gasteiger partial charge in [-0.3, -0.25) is 14.7 Å². The van der Waals surface area contributed by atoms with E-state index in [1.54, 1.807) is 4.90 Å². The van der Waals surface area contributed by atoms with Crippen LogP contribution >= 0.6 is 0 Å². The maximum atomic E-state index is 12.4. The SMILES string of the molecule is CCNC(=NCC1CCCN1CC)NCCC(=O)N(C)Cc1ccccc1. The van der Waals surface area contributed by atoms with Crippen LogP contribution in [0.1, 0.15) is 38.7 Å². The number of rotatable bonds is 9. The smallest absolute Gasteiger partial charge is 0.224 e. The molecule has 1 aromatic rings. The predicted molar refractivity (Wildman–Crippen MR) is 112 cm³/mol. The van der Waals surface area contributed by atoms with Gasteiger partial charge in [0.2, 0.25) is 5.91 Å². The van der Waals surface area contributed by atoms with E-state index in [9.17, 15) is 4.79 Å². The molecule has 1 saturated heterocycles. The van der Waals surface area contributed by atoms with Crippen molar-refractivity contribution < 1.29 is 4.79 Å². The van der Waals surface area contributed by atoms with Gasteiger partial charge in [0.15, 0.2) is 5.96 Å². The predicted octanol–water partition coefficient (Wildman–Crippen LogP) is 2.07. The molecule has 0 radical (unpaired) electrons. The maximum absolute atomic E-state index is 12.4. The van der Waals surface area contributed by atoms with Crippen LogP contribution in [0.25, 0.3) is 0 Å². The van der Waals surface area contributed by atoms with Crippen LogP contribution in [0.5, 0.6) is 0 Å². The summed E-state index contributed by atoms with van der Waals surface area (Å²) < 4.78 is 0. The van der Waals surface area contributed by atoms with Crippen molar-refractivity contribution >= 4 is 11.9 Å². The van der Waals surface area contributed by atoms with Crippen LogP contribution in [0, 0.1) is 0 Å². The highest BCUT2D eigenvalue weighted by Gasteiger charge is 2.22. The molecule has 0 bridgehead atoms. The number of carbonyl (C=O) groups is 1. The van der Waals surface area contributed by atoms with Gasteiger partial charge >= 0.3 is 0 Å². The lowest BCUT2D eigenvalue weighted by atomic mass is 10.2. The van der Waals surface area contributed by atoms with Crippen molar-refractivity contribution in [2.45, 2.75) is 45.7 Å². The number of aliphatic imine (C=N–C) groups is 1. The average Bonchev–Trinajstić information content (AvgIpc) is 3.14. The minimum absolute atomic E-state index is 0.134. The fourth-order valence-corrected chi connectivity index (χ4v) is 3.48. The second-order valence-electron chi connectivity index (χ2n) is 7.06. The number of likely N-dealkylation sites (tertiary alicyclic amines) is 1. The van der Waals surface area contributed by atoms with Gasteiger partial charge in [-0.15, -0.1) is 0 Å². The molecule has 0 aromatic heterocycles. The Kier molecular flexibility index (Phi) is 9.11. The lowest BCUT2D eigenvalue weighted by Gasteiger charge is -2.21. The quantitative estimate of drug-likeness (QED) is 0.514. The second-order valence-corrected chi connectivity index (χ2v) is 7.06. The number of hydrogen-bond acceptors (Lipinski definition) is 3. The summed E-state index contributed by atoms with van der Waals surface area (Å²) in [6, 6.07) is 10.6. The van der Waals surface area contributed by atoms with Crippen LogP contribution in [0.3, 0.4) is 0 Å². The zero-order valence-corrected chi connectivity index (χ0v) is 17.1. The fraction of sp³-hybridized carbons (Fsp3) is 0.619. The Bertz CT molecular complexity index is 589. The molecule has 1 amide bonds. The Morgan fingerprint density at radius 2 is 2.04 bits per heavy atom. The number of benzene rings is 1. The summed E-state index contributed by atoms with van der Waals surface area (Å²) in [7, 11) is 1.86. The number of nitrogens with one attached hydrogen (secondary N) is 2. The number of amides is 1. The average molecular weight is 374 g/mol. The van der Waals surface area contributed by atoms with E-state index in [-0.39, 0.29) is 5.91 Å². The Labute approximate surface area is 164 Å². The molecule has 1 aliphatic heterocycles. The molecule has 6 heteroatoms. The van der Waals surface area contributed by atoms with Crippen molar-refractivity contribution in [2.24, 2.45) is 4.99 Å². The van der Waals surface area contributed by atoms with E-state index in [2.05, 4.69) is 29.4 Å². The van der Waals surface area contributed by atoms with E-state index in [0.29, 0.717) is 25.6 Å². The summed E-state index contributed by atoms with van der Waals surface area (Å²) in [5.41, 5.74) is 1.15. The Morgan fingerprint density at radius 3 is 2.74 bits per heavy atom. The largest absolute Gasteiger partial charge is 0.357 e. The monoisotopic (exact) mass is 373 g/mol. The molecular weight excluding hydrogens is 338 g/mol. The van der Waals surface area contributed by atoms with E-state index in [1.165, 1.54) is 19.4 Å². The highest BCUT2D eigenvalue weighted by molar-refractivity contribution is 5.81. The van der Waals surface area contributed by atoms with Crippen molar-refractivity contribution in [1.82, 2.24) is 20.4 Å². The van der Waals surface area contributed by atoms with Crippen molar-refractivity contribution in [3.05, 3.63) is 35.9 Å². The van der Waals surface area contributed by atoms with Crippen LogP contribution in [0.2, 0.25) is 0 Å². The van der Waals surface area contributed by atoms with Gasteiger partial charge in [0.1, 0.15) is 0 Å². The standard InChI is InChI=1S/C21H35N5O/c1-4-22-21(24-16-19-12-9-15-26(19)5-2)23-14-13-20(27)25(3)17-18-10-7-6-8-11-18/h6-8,10-11,19H,4-5,9,12-17H2,1-3H3,(H2,22,23,24). The fourth-order valence-electron chi connectivity index (χ4n) is 3.48. The third kappa shape index (κ3) is 7.21. The minimum Gasteiger partial charge on any atom is -0.357 e. The molecule has 1 unspecified atom stereocenters. The molecule has 1 aromatic carbocycles. The Balaban J connectivity index is 1.76. The van der Waals surface area contributed by atoms with Crippen LogP contribution in [-0.4, -0.2) is 67.5 Å². The summed E-state index contributed by atoms with van der Waals surface area (Å²) in [6.07, 6.45) is 2.94. The lowest BCUT2D eigenvalue weighted by molar-refractivity contribution is -0.130. The molecule has 1 atom stereocenters. The molecule has 0 spiro atoms. The lowest BCUT2D eigenvalue weighted by Crippen LogP contribution is -2.40. The van der Waals surface area contributed by atoms with Gasteiger partial charge in [-0.25, -0.2) is 0 Å². The number of nitrogens with zero attached hydrogens (tertiary/aromatic N) is 3. The van der Waals surface area contributed by atoms with Crippen LogP contribution in [-0.2, 0) is 11.3 Å². The van der Waals surface area contributed by atoms with Gasteiger partial charge in [-0.1, -0.05) is 37.3 Å². The number of carbonyl (C=O) groups excluding carboxylic acids is 1. The molecule has 27 heavy (non-hydrogen) atoms. The van der Waals surface area contributed by atoms with Crippen LogP contribution < -0.4 is 10.6 Å². The van der Waals surface area contributed by atoms with E-state index < -0.39 is 0 Å². The zero-order valence-electron chi connectivity index (χ0n) is 17.1. The first kappa shape index (κ1) is 21.2. The first-order valence-corrected chi connectivity index (χ1v) is 10.2. The molecule has 0 saturated carbocycles. The van der Waals surface area contributed by atoms with Gasteiger partial charge < -0.3 is 15.5 Å². The molecular formula is C21H35N5O. The first-order chi connectivity index (χ1) is 13.1. The van der Waals surface area contributed by atoms with Gasteiger partial charge in [0.05, 0.1) is 6.54 Å².